The number of unbranched alkanes of at least 4 members (excludes halogenated alkanes) is 1. The molecule has 1 aromatic heterocycles. The van der Waals surface area contributed by atoms with Crippen molar-refractivity contribution in [2.75, 3.05) is 18.1 Å². The summed E-state index contributed by atoms with van der Waals surface area (Å²) in [5.74, 6) is -1.33. The molecule has 0 saturated carbocycles. The van der Waals surface area contributed by atoms with E-state index in [1.165, 1.54) is 5.52 Å². The van der Waals surface area contributed by atoms with Crippen LogP contribution in [-0.4, -0.2) is 41.2 Å². The number of nitrogens with one attached hydrogen (secondary N) is 1. The molecule has 184 valence electrons. The van der Waals surface area contributed by atoms with Crippen LogP contribution in [0, 0.1) is 5.92 Å². The van der Waals surface area contributed by atoms with E-state index in [-0.39, 0.29) is 31.2 Å². The first-order valence-corrected chi connectivity index (χ1v) is 12.2. The molecule has 1 unspecified atom stereocenters. The Labute approximate surface area is 204 Å². The Morgan fingerprint density at radius 3 is 2.66 bits per heavy atom. The minimum absolute atomic E-state index is 0.00964. The Bertz CT molecular complexity index is 1290. The average Bonchev–Trinajstić information content (AvgIpc) is 3.39. The van der Waals surface area contributed by atoms with Gasteiger partial charge in [-0.25, -0.2) is 5.43 Å². The number of carbonyl (C=O) groups is 3. The molecule has 0 bridgehead atoms. The molecule has 8 nitrogen and oxygen atoms in total. The number of rotatable bonds is 9. The third-order valence-corrected chi connectivity index (χ3v) is 6.36. The van der Waals surface area contributed by atoms with Gasteiger partial charge in [0.25, 0.3) is 0 Å². The van der Waals surface area contributed by atoms with Crippen molar-refractivity contribution in [2.45, 2.75) is 53.0 Å². The van der Waals surface area contributed by atoms with E-state index in [2.05, 4.69) is 52.3 Å². The van der Waals surface area contributed by atoms with Crippen LogP contribution in [0.4, 0.5) is 5.69 Å². The first kappa shape index (κ1) is 24.4. The second kappa shape index (κ2) is 10.7. The molecular weight excluding hydrogens is 444 g/mol. The summed E-state index contributed by atoms with van der Waals surface area (Å²) in [4.78, 5) is 38.7. The minimum atomic E-state index is -0.511. The van der Waals surface area contributed by atoms with Crippen molar-refractivity contribution in [3.63, 3.8) is 0 Å². The third-order valence-electron chi connectivity index (χ3n) is 6.36. The van der Waals surface area contributed by atoms with Crippen LogP contribution >= 0.6 is 0 Å². The Hall–Kier alpha value is -3.68. The number of aryl methyl sites for hydroxylation is 1. The van der Waals surface area contributed by atoms with Crippen LogP contribution in [0.2, 0.25) is 0 Å². The number of ether oxygens (including phenoxy) is 1. The van der Waals surface area contributed by atoms with Gasteiger partial charge in [0.05, 0.1) is 18.9 Å². The van der Waals surface area contributed by atoms with E-state index in [0.717, 1.165) is 41.4 Å². The molecule has 8 heteroatoms. The van der Waals surface area contributed by atoms with Crippen LogP contribution in [0.15, 0.2) is 47.6 Å². The van der Waals surface area contributed by atoms with Crippen LogP contribution in [0.3, 0.4) is 0 Å². The van der Waals surface area contributed by atoms with E-state index in [4.69, 9.17) is 4.74 Å². The number of aromatic nitrogens is 1. The molecule has 1 fully saturated rings. The van der Waals surface area contributed by atoms with E-state index in [0.29, 0.717) is 12.3 Å². The van der Waals surface area contributed by atoms with Gasteiger partial charge in [0, 0.05) is 52.7 Å². The monoisotopic (exact) mass is 476 g/mol. The smallest absolute Gasteiger partial charge is 0.311 e. The normalized spacial score (nSPS) is 16.3. The number of benzene rings is 2. The molecular formula is C27H32N4O4. The molecule has 0 radical (unpaired) electrons. The van der Waals surface area contributed by atoms with Gasteiger partial charge in [-0.05, 0) is 44.5 Å². The zero-order chi connectivity index (χ0) is 24.9. The fourth-order valence-electron chi connectivity index (χ4n) is 4.60. The van der Waals surface area contributed by atoms with Gasteiger partial charge in [-0.2, -0.15) is 5.10 Å². The van der Waals surface area contributed by atoms with Gasteiger partial charge in [0.15, 0.2) is 0 Å². The lowest BCUT2D eigenvalue weighted by atomic mass is 10.1. The average molecular weight is 477 g/mol. The van der Waals surface area contributed by atoms with Crippen molar-refractivity contribution >= 4 is 51.0 Å². The van der Waals surface area contributed by atoms with Crippen molar-refractivity contribution in [2.24, 2.45) is 11.0 Å². The molecule has 2 heterocycles. The Kier molecular flexibility index (Phi) is 7.48. The highest BCUT2D eigenvalue weighted by Crippen LogP contribution is 2.34. The van der Waals surface area contributed by atoms with Crippen LogP contribution in [0.5, 0.6) is 0 Å². The lowest BCUT2D eigenvalue weighted by molar-refractivity contribution is -0.141. The van der Waals surface area contributed by atoms with Gasteiger partial charge >= 0.3 is 5.97 Å². The lowest BCUT2D eigenvalue weighted by Crippen LogP contribution is -2.31. The third kappa shape index (κ3) is 5.21. The maximum atomic E-state index is 12.8. The number of esters is 1. The molecule has 1 saturated heterocycles. The van der Waals surface area contributed by atoms with E-state index < -0.39 is 11.9 Å². The Morgan fingerprint density at radius 1 is 1.11 bits per heavy atom. The molecule has 2 amide bonds. The second-order valence-corrected chi connectivity index (χ2v) is 8.93. The number of anilines is 1. The molecule has 1 aliphatic rings. The van der Waals surface area contributed by atoms with E-state index >= 15 is 0 Å². The molecule has 35 heavy (non-hydrogen) atoms. The number of carbonyl (C=O) groups excluding carboxylic acids is 3. The number of para-hydroxylation sites is 1. The summed E-state index contributed by atoms with van der Waals surface area (Å²) in [6.07, 6.45) is 2.34. The molecule has 3 aromatic rings. The quantitative estimate of drug-likeness (QED) is 0.282. The fraction of sp³-hybridized carbons (Fsp3) is 0.407. The molecule has 1 atom stereocenters. The maximum absolute atomic E-state index is 12.8. The number of nitrogens with zero attached hydrogens (tertiary/aromatic N) is 3. The van der Waals surface area contributed by atoms with Crippen molar-refractivity contribution in [3.8, 4) is 0 Å². The van der Waals surface area contributed by atoms with Gasteiger partial charge in [-0.1, -0.05) is 31.5 Å². The topological polar surface area (TPSA) is 93.0 Å². The standard InChI is InChI=1S/C27H32N4O4/c1-4-6-13-30-23-10-8-7-9-21(23)22-16-20(11-12-24(22)30)31-17-19(15-25(31)32)27(34)29-28-18(3)14-26(33)35-5-2/h7-12,16,19H,4-6,13-15,17H2,1-3H3,(H,29,34). The molecule has 0 spiro atoms. The summed E-state index contributed by atoms with van der Waals surface area (Å²) < 4.78 is 7.23. The molecule has 0 aliphatic carbocycles. The minimum Gasteiger partial charge on any atom is -0.466 e. The first-order valence-electron chi connectivity index (χ1n) is 12.2. The van der Waals surface area contributed by atoms with Crippen molar-refractivity contribution in [3.05, 3.63) is 42.5 Å². The van der Waals surface area contributed by atoms with Crippen LogP contribution in [0.25, 0.3) is 21.8 Å². The fourth-order valence-corrected chi connectivity index (χ4v) is 4.60. The summed E-state index contributed by atoms with van der Waals surface area (Å²) in [6, 6.07) is 14.4. The lowest BCUT2D eigenvalue weighted by Gasteiger charge is -2.17. The summed E-state index contributed by atoms with van der Waals surface area (Å²) in [6.45, 7) is 7.10. The van der Waals surface area contributed by atoms with Gasteiger partial charge in [0.1, 0.15) is 0 Å². The number of hydrogen-bond acceptors (Lipinski definition) is 5. The molecule has 2 aromatic carbocycles. The van der Waals surface area contributed by atoms with Crippen molar-refractivity contribution in [1.82, 2.24) is 9.99 Å². The molecule has 1 N–H and O–H groups in total. The van der Waals surface area contributed by atoms with E-state index in [9.17, 15) is 14.4 Å². The highest BCUT2D eigenvalue weighted by Gasteiger charge is 2.35. The van der Waals surface area contributed by atoms with Crippen LogP contribution < -0.4 is 10.3 Å². The van der Waals surface area contributed by atoms with Gasteiger partial charge in [-0.15, -0.1) is 0 Å². The summed E-state index contributed by atoms with van der Waals surface area (Å²) in [5, 5.41) is 6.27. The molecule has 4 rings (SSSR count). The zero-order valence-electron chi connectivity index (χ0n) is 20.5. The van der Waals surface area contributed by atoms with Crippen LogP contribution in [0.1, 0.15) is 46.5 Å². The SMILES string of the molecule is CCCCn1c2ccccc2c2cc(N3CC(C(=O)NN=C(C)CC(=O)OCC)CC3=O)ccc21. The van der Waals surface area contributed by atoms with Gasteiger partial charge in [-0.3, -0.25) is 14.4 Å². The van der Waals surface area contributed by atoms with Gasteiger partial charge in [0.2, 0.25) is 11.8 Å². The Morgan fingerprint density at radius 2 is 1.89 bits per heavy atom. The zero-order valence-corrected chi connectivity index (χ0v) is 20.5. The predicted molar refractivity (Wildman–Crippen MR) is 137 cm³/mol. The summed E-state index contributed by atoms with van der Waals surface area (Å²) in [5.41, 5.74) is 6.08. The number of amides is 2. The highest BCUT2D eigenvalue weighted by atomic mass is 16.5. The first-order chi connectivity index (χ1) is 16.9. The maximum Gasteiger partial charge on any atom is 0.311 e. The predicted octanol–water partition coefficient (Wildman–Crippen LogP) is 4.39. The highest BCUT2D eigenvalue weighted by molar-refractivity contribution is 6.10. The van der Waals surface area contributed by atoms with Crippen molar-refractivity contribution < 1.29 is 19.1 Å². The number of hydrazone groups is 1. The van der Waals surface area contributed by atoms with Gasteiger partial charge < -0.3 is 14.2 Å². The largest absolute Gasteiger partial charge is 0.466 e. The molecule has 1 aliphatic heterocycles. The summed E-state index contributed by atoms with van der Waals surface area (Å²) >= 11 is 0. The van der Waals surface area contributed by atoms with E-state index in [1.807, 2.05) is 12.1 Å². The summed E-state index contributed by atoms with van der Waals surface area (Å²) in [7, 11) is 0. The van der Waals surface area contributed by atoms with Crippen LogP contribution in [-0.2, 0) is 25.7 Å². The van der Waals surface area contributed by atoms with Crippen molar-refractivity contribution in [1.29, 1.82) is 0 Å². The second-order valence-electron chi connectivity index (χ2n) is 8.93. The number of hydrogen-bond donors (Lipinski definition) is 1. The Balaban J connectivity index is 1.52. The number of fused-ring (bicyclic) bond motifs is 3. The van der Waals surface area contributed by atoms with E-state index in [1.54, 1.807) is 18.7 Å².